The molecule has 1 aliphatic rings. The number of likely N-dealkylation sites (N-methyl/N-ethyl adjacent to an activating group) is 1. The van der Waals surface area contributed by atoms with Crippen LogP contribution in [0.3, 0.4) is 0 Å². The summed E-state index contributed by atoms with van der Waals surface area (Å²) in [6.45, 7) is 6.16. The van der Waals surface area contributed by atoms with E-state index in [1.165, 1.54) is 50.6 Å². The highest BCUT2D eigenvalue weighted by atomic mass is 19.4. The molecule has 1 amide bonds. The van der Waals surface area contributed by atoms with Gasteiger partial charge < -0.3 is 24.3 Å². The second-order valence-corrected chi connectivity index (χ2v) is 11.1. The van der Waals surface area contributed by atoms with Crippen LogP contribution >= 0.6 is 0 Å². The first-order valence-corrected chi connectivity index (χ1v) is 12.8. The Balaban J connectivity index is 1.76. The van der Waals surface area contributed by atoms with Gasteiger partial charge in [-0.25, -0.2) is 9.37 Å². The fourth-order valence-electron chi connectivity index (χ4n) is 5.63. The van der Waals surface area contributed by atoms with E-state index in [1.807, 2.05) is 4.57 Å². The van der Waals surface area contributed by atoms with Gasteiger partial charge in [0.05, 0.1) is 23.7 Å². The molecule has 2 aromatic carbocycles. The monoisotopic (exact) mass is 564 g/mol. The van der Waals surface area contributed by atoms with Crippen molar-refractivity contribution in [3.8, 4) is 5.75 Å². The van der Waals surface area contributed by atoms with E-state index in [9.17, 15) is 22.8 Å². The van der Waals surface area contributed by atoms with Crippen LogP contribution in [0.15, 0.2) is 36.4 Å². The molecule has 1 fully saturated rings. The summed E-state index contributed by atoms with van der Waals surface area (Å²) in [7, 11) is 2.56. The summed E-state index contributed by atoms with van der Waals surface area (Å²) < 4.78 is 63.6. The largest absolute Gasteiger partial charge is 0.573 e. The standard InChI is InChI=1S/C28H32F4N4O4/c1-16-10-18(14-27(2,3)13-16)36-23-12-21(29)20(25(38)35(4)15-24(37)39-5)11-22(23)34-26(36)33-17-6-8-19(9-7-17)40-28(30,31)32/h6-9,11-12,16,18H,10,13-15H2,1-5H3,(H,33,34)/t16-,18+/m1/s1. The van der Waals surface area contributed by atoms with Crippen molar-refractivity contribution in [3.63, 3.8) is 0 Å². The van der Waals surface area contributed by atoms with E-state index in [-0.39, 0.29) is 29.3 Å². The van der Waals surface area contributed by atoms with E-state index in [1.54, 1.807) is 0 Å². The van der Waals surface area contributed by atoms with Crippen LogP contribution < -0.4 is 10.1 Å². The van der Waals surface area contributed by atoms with Crippen molar-refractivity contribution in [3.05, 3.63) is 47.8 Å². The SMILES string of the molecule is COC(=O)CN(C)C(=O)c1cc2nc(Nc3ccc(OC(F)(F)F)cc3)n([C@H]3C[C@@H](C)CC(C)(C)C3)c2cc1F. The number of carbonyl (C=O) groups is 2. The first kappa shape index (κ1) is 29.2. The maximum Gasteiger partial charge on any atom is 0.573 e. The third kappa shape index (κ3) is 6.65. The first-order chi connectivity index (χ1) is 18.7. The van der Waals surface area contributed by atoms with Gasteiger partial charge in [0.1, 0.15) is 18.1 Å². The average molecular weight is 565 g/mol. The Morgan fingerprint density at radius 1 is 1.18 bits per heavy atom. The number of hydrogen-bond acceptors (Lipinski definition) is 6. The molecule has 1 N–H and O–H groups in total. The Kier molecular flexibility index (Phi) is 8.00. The van der Waals surface area contributed by atoms with Crippen molar-refractivity contribution < 1.29 is 36.6 Å². The Morgan fingerprint density at radius 3 is 2.45 bits per heavy atom. The van der Waals surface area contributed by atoms with E-state index < -0.39 is 24.1 Å². The van der Waals surface area contributed by atoms with Crippen molar-refractivity contribution in [1.82, 2.24) is 14.5 Å². The van der Waals surface area contributed by atoms with Gasteiger partial charge >= 0.3 is 12.3 Å². The zero-order valence-electron chi connectivity index (χ0n) is 22.9. The van der Waals surface area contributed by atoms with Gasteiger partial charge in [0.25, 0.3) is 5.91 Å². The van der Waals surface area contributed by atoms with E-state index >= 15 is 4.39 Å². The molecule has 0 radical (unpaired) electrons. The maximum absolute atomic E-state index is 15.4. The lowest BCUT2D eigenvalue weighted by molar-refractivity contribution is -0.274. The number of esters is 1. The summed E-state index contributed by atoms with van der Waals surface area (Å²) in [4.78, 5) is 30.3. The minimum absolute atomic E-state index is 0.0117. The van der Waals surface area contributed by atoms with E-state index in [0.717, 1.165) is 24.2 Å². The van der Waals surface area contributed by atoms with E-state index in [0.29, 0.717) is 28.6 Å². The van der Waals surface area contributed by atoms with Crippen molar-refractivity contribution in [2.75, 3.05) is 26.0 Å². The number of nitrogens with zero attached hydrogens (tertiary/aromatic N) is 3. The van der Waals surface area contributed by atoms with Gasteiger partial charge in [-0.1, -0.05) is 20.8 Å². The number of amides is 1. The van der Waals surface area contributed by atoms with Crippen molar-refractivity contribution in [2.24, 2.45) is 11.3 Å². The highest BCUT2D eigenvalue weighted by molar-refractivity contribution is 5.99. The minimum atomic E-state index is -4.81. The van der Waals surface area contributed by atoms with Crippen LogP contribution in [0.4, 0.5) is 29.2 Å². The summed E-state index contributed by atoms with van der Waals surface area (Å²) in [5.41, 5.74) is 1.04. The number of hydrogen-bond donors (Lipinski definition) is 1. The fraction of sp³-hybridized carbons (Fsp3) is 0.464. The number of fused-ring (bicyclic) bond motifs is 1. The third-order valence-corrected chi connectivity index (χ3v) is 7.02. The van der Waals surface area contributed by atoms with E-state index in [4.69, 9.17) is 0 Å². The molecule has 8 nitrogen and oxygen atoms in total. The topological polar surface area (TPSA) is 85.7 Å². The lowest BCUT2D eigenvalue weighted by atomic mass is 9.70. The molecule has 0 bridgehead atoms. The molecular formula is C28H32F4N4O4. The number of imidazole rings is 1. The Morgan fingerprint density at radius 2 is 1.85 bits per heavy atom. The summed E-state index contributed by atoms with van der Waals surface area (Å²) in [6, 6.07) is 7.77. The molecular weight excluding hydrogens is 532 g/mol. The molecule has 12 heteroatoms. The molecule has 0 aliphatic heterocycles. The summed E-state index contributed by atoms with van der Waals surface area (Å²) in [5.74, 6) is -1.73. The fourth-order valence-corrected chi connectivity index (χ4v) is 5.63. The number of methoxy groups -OCH3 is 1. The van der Waals surface area contributed by atoms with Crippen LogP contribution in [0.2, 0.25) is 0 Å². The highest BCUT2D eigenvalue weighted by Gasteiger charge is 2.35. The molecule has 0 unspecified atom stereocenters. The van der Waals surface area contributed by atoms with Crippen molar-refractivity contribution >= 4 is 34.5 Å². The van der Waals surface area contributed by atoms with Crippen LogP contribution in [0.5, 0.6) is 5.75 Å². The zero-order valence-corrected chi connectivity index (χ0v) is 22.9. The van der Waals surface area contributed by atoms with Gasteiger partial charge in [0.15, 0.2) is 0 Å². The van der Waals surface area contributed by atoms with Gasteiger partial charge in [-0.05, 0) is 60.9 Å². The second kappa shape index (κ2) is 11.0. The molecule has 1 heterocycles. The van der Waals surface area contributed by atoms with Gasteiger partial charge in [-0.3, -0.25) is 9.59 Å². The van der Waals surface area contributed by atoms with Gasteiger partial charge in [0, 0.05) is 24.8 Å². The van der Waals surface area contributed by atoms with Crippen molar-refractivity contribution in [1.29, 1.82) is 0 Å². The van der Waals surface area contributed by atoms with E-state index in [2.05, 4.69) is 40.5 Å². The molecule has 2 atom stereocenters. The number of aromatic nitrogens is 2. The molecule has 0 saturated heterocycles. The molecule has 4 rings (SSSR count). The highest BCUT2D eigenvalue weighted by Crippen LogP contribution is 2.46. The maximum atomic E-state index is 15.4. The van der Waals surface area contributed by atoms with Gasteiger partial charge in [-0.2, -0.15) is 0 Å². The Bertz CT molecular complexity index is 1400. The number of alkyl halides is 3. The number of ether oxygens (including phenoxy) is 2. The van der Waals surface area contributed by atoms with Crippen LogP contribution in [-0.2, 0) is 9.53 Å². The molecule has 3 aromatic rings. The number of halogens is 4. The first-order valence-electron chi connectivity index (χ1n) is 12.8. The molecule has 1 aromatic heterocycles. The number of anilines is 2. The van der Waals surface area contributed by atoms with Gasteiger partial charge in [0.2, 0.25) is 5.95 Å². The second-order valence-electron chi connectivity index (χ2n) is 11.1. The van der Waals surface area contributed by atoms with Crippen LogP contribution in [0, 0.1) is 17.2 Å². The number of carbonyl (C=O) groups excluding carboxylic acids is 2. The van der Waals surface area contributed by atoms with Crippen LogP contribution in [0.25, 0.3) is 11.0 Å². The Labute approximate surface area is 229 Å². The summed E-state index contributed by atoms with van der Waals surface area (Å²) in [6.07, 6.45) is -2.18. The number of benzene rings is 2. The van der Waals surface area contributed by atoms with Crippen molar-refractivity contribution in [2.45, 2.75) is 52.4 Å². The molecule has 1 saturated carbocycles. The minimum Gasteiger partial charge on any atom is -0.468 e. The quantitative estimate of drug-likeness (QED) is 0.262. The number of nitrogens with one attached hydrogen (secondary N) is 1. The van der Waals surface area contributed by atoms with Gasteiger partial charge in [-0.15, -0.1) is 13.2 Å². The smallest absolute Gasteiger partial charge is 0.468 e. The number of rotatable bonds is 7. The summed E-state index contributed by atoms with van der Waals surface area (Å²) in [5, 5.41) is 3.15. The predicted octanol–water partition coefficient (Wildman–Crippen LogP) is 6.45. The normalized spacial score (nSPS) is 18.8. The van der Waals surface area contributed by atoms with Crippen LogP contribution in [-0.4, -0.2) is 53.4 Å². The molecule has 0 spiro atoms. The zero-order chi connectivity index (χ0) is 29.4. The van der Waals surface area contributed by atoms with Crippen LogP contribution in [0.1, 0.15) is 56.4 Å². The third-order valence-electron chi connectivity index (χ3n) is 7.02. The lowest BCUT2D eigenvalue weighted by Crippen LogP contribution is -2.33. The Hall–Kier alpha value is -3.83. The predicted molar refractivity (Wildman–Crippen MR) is 141 cm³/mol. The molecule has 1 aliphatic carbocycles. The molecule has 216 valence electrons. The molecule has 40 heavy (non-hydrogen) atoms. The average Bonchev–Trinajstić information content (AvgIpc) is 3.18. The lowest BCUT2D eigenvalue weighted by Gasteiger charge is -2.40. The summed E-state index contributed by atoms with van der Waals surface area (Å²) >= 11 is 0.